The van der Waals surface area contributed by atoms with Crippen LogP contribution in [0.25, 0.3) is 0 Å². The Morgan fingerprint density at radius 1 is 0.650 bits per heavy atom. The van der Waals surface area contributed by atoms with Gasteiger partial charge in [-0.2, -0.15) is 0 Å². The number of rotatable bonds is 10. The molecule has 0 radical (unpaired) electrons. The van der Waals surface area contributed by atoms with Crippen molar-refractivity contribution in [1.82, 2.24) is 0 Å². The molecule has 0 unspecified atom stereocenters. The monoisotopic (exact) mass is 402 g/mol. The molecule has 0 heterocycles. The van der Waals surface area contributed by atoms with Gasteiger partial charge in [0.2, 0.25) is 0 Å². The van der Waals surface area contributed by atoms with Gasteiger partial charge in [-0.15, -0.1) is 0 Å². The fourth-order valence-electron chi connectivity index (χ4n) is 2.58. The zero-order valence-corrected chi connectivity index (χ0v) is 16.2. The molecule has 0 spiro atoms. The second-order valence-electron chi connectivity index (χ2n) is 5.66. The van der Waals surface area contributed by atoms with Gasteiger partial charge in [-0.3, -0.25) is 0 Å². The van der Waals surface area contributed by atoms with Gasteiger partial charge in [-0.1, -0.05) is 52.4 Å². The predicted octanol–water partition coefficient (Wildman–Crippen LogP) is 7.46. The van der Waals surface area contributed by atoms with Gasteiger partial charge in [0.05, 0.1) is 0 Å². The molecular weight excluding hydrogens is 376 g/mol. The van der Waals surface area contributed by atoms with E-state index in [2.05, 4.69) is 57.8 Å². The minimum Gasteiger partial charge on any atom is -0.0654 e. The second-order valence-corrected chi connectivity index (χ2v) is 7.37. The molecular formula is C18H28Br2. The minimum absolute atomic E-state index is 1.19. The molecule has 0 amide bonds. The zero-order valence-electron chi connectivity index (χ0n) is 13.0. The molecule has 0 nitrogen and oxygen atoms in total. The Labute approximate surface area is 142 Å². The summed E-state index contributed by atoms with van der Waals surface area (Å²) >= 11 is 7.30. The summed E-state index contributed by atoms with van der Waals surface area (Å²) < 4.78 is 2.39. The van der Waals surface area contributed by atoms with E-state index in [1.807, 2.05) is 0 Å². The molecule has 0 saturated carbocycles. The molecule has 114 valence electrons. The summed E-state index contributed by atoms with van der Waals surface area (Å²) in [4.78, 5) is 0. The Morgan fingerprint density at radius 3 is 1.40 bits per heavy atom. The summed E-state index contributed by atoms with van der Waals surface area (Å²) in [6.07, 6.45) is 13.2. The Morgan fingerprint density at radius 2 is 1.05 bits per heavy atom. The third-order valence-corrected chi connectivity index (χ3v) is 5.69. The maximum Gasteiger partial charge on any atom is 0.0320 e. The van der Waals surface area contributed by atoms with Gasteiger partial charge in [0.15, 0.2) is 0 Å². The average Bonchev–Trinajstić information content (AvgIpc) is 2.44. The first-order valence-electron chi connectivity index (χ1n) is 8.15. The quantitative estimate of drug-likeness (QED) is 0.355. The van der Waals surface area contributed by atoms with Crippen molar-refractivity contribution in [2.45, 2.75) is 78.1 Å². The van der Waals surface area contributed by atoms with Crippen LogP contribution in [0.15, 0.2) is 21.1 Å². The third kappa shape index (κ3) is 6.76. The minimum atomic E-state index is 1.19. The summed E-state index contributed by atoms with van der Waals surface area (Å²) in [6.45, 7) is 4.55. The van der Waals surface area contributed by atoms with E-state index in [-0.39, 0.29) is 0 Å². The van der Waals surface area contributed by atoms with E-state index in [1.165, 1.54) is 73.2 Å². The van der Waals surface area contributed by atoms with Crippen LogP contribution in [-0.4, -0.2) is 0 Å². The van der Waals surface area contributed by atoms with Crippen molar-refractivity contribution in [3.63, 3.8) is 0 Å². The molecule has 1 aromatic rings. The molecule has 0 atom stereocenters. The molecule has 0 aliphatic rings. The normalized spacial score (nSPS) is 11.0. The van der Waals surface area contributed by atoms with Crippen molar-refractivity contribution in [2.24, 2.45) is 0 Å². The van der Waals surface area contributed by atoms with Crippen molar-refractivity contribution in [3.05, 3.63) is 32.2 Å². The molecule has 1 aromatic carbocycles. The van der Waals surface area contributed by atoms with E-state index < -0.39 is 0 Å². The van der Waals surface area contributed by atoms with Gasteiger partial charge in [-0.25, -0.2) is 0 Å². The lowest BCUT2D eigenvalue weighted by Gasteiger charge is -2.12. The van der Waals surface area contributed by atoms with E-state index in [0.717, 1.165) is 0 Å². The number of halogens is 2. The fourth-order valence-corrected chi connectivity index (χ4v) is 3.36. The molecule has 0 bridgehead atoms. The molecule has 0 aliphatic carbocycles. The topological polar surface area (TPSA) is 0 Å². The molecule has 20 heavy (non-hydrogen) atoms. The second kappa shape index (κ2) is 10.8. The van der Waals surface area contributed by atoms with E-state index in [0.29, 0.717) is 0 Å². The van der Waals surface area contributed by atoms with Crippen molar-refractivity contribution in [2.75, 3.05) is 0 Å². The summed E-state index contributed by atoms with van der Waals surface area (Å²) in [5, 5.41) is 0. The Hall–Kier alpha value is 0.180. The van der Waals surface area contributed by atoms with Crippen molar-refractivity contribution >= 4 is 31.9 Å². The predicted molar refractivity (Wildman–Crippen MR) is 97.5 cm³/mol. The Balaban J connectivity index is 2.61. The standard InChI is InChI=1S/C18H28Br2/c1-3-5-7-9-11-15-13-17(19)18(20)14-16(15)12-10-8-6-4-2/h13-14H,3-12H2,1-2H3. The van der Waals surface area contributed by atoms with E-state index in [4.69, 9.17) is 0 Å². The smallest absolute Gasteiger partial charge is 0.0320 e. The van der Waals surface area contributed by atoms with Crippen LogP contribution >= 0.6 is 31.9 Å². The van der Waals surface area contributed by atoms with Gasteiger partial charge >= 0.3 is 0 Å². The van der Waals surface area contributed by atoms with Crippen LogP contribution < -0.4 is 0 Å². The highest BCUT2D eigenvalue weighted by Crippen LogP contribution is 2.29. The SMILES string of the molecule is CCCCCCc1cc(Br)c(Br)cc1CCCCCC. The van der Waals surface area contributed by atoms with E-state index >= 15 is 0 Å². The molecule has 0 saturated heterocycles. The van der Waals surface area contributed by atoms with Crippen LogP contribution in [0.4, 0.5) is 0 Å². The van der Waals surface area contributed by atoms with Crippen LogP contribution in [0.1, 0.15) is 76.3 Å². The van der Waals surface area contributed by atoms with Gasteiger partial charge in [0.1, 0.15) is 0 Å². The van der Waals surface area contributed by atoms with Crippen LogP contribution in [0, 0.1) is 0 Å². The first-order valence-corrected chi connectivity index (χ1v) is 9.74. The summed E-state index contributed by atoms with van der Waals surface area (Å²) in [5.41, 5.74) is 3.10. The molecule has 0 aromatic heterocycles. The van der Waals surface area contributed by atoms with Crippen LogP contribution in [-0.2, 0) is 12.8 Å². The van der Waals surface area contributed by atoms with Crippen LogP contribution in [0.3, 0.4) is 0 Å². The molecule has 0 N–H and O–H groups in total. The molecule has 2 heteroatoms. The highest BCUT2D eigenvalue weighted by molar-refractivity contribution is 9.13. The number of hydrogen-bond acceptors (Lipinski definition) is 0. The maximum atomic E-state index is 3.65. The Bertz CT molecular complexity index is 348. The molecule has 0 aliphatic heterocycles. The number of unbranched alkanes of at least 4 members (excludes halogenated alkanes) is 6. The van der Waals surface area contributed by atoms with Gasteiger partial charge in [-0.05, 0) is 80.8 Å². The summed E-state index contributed by atoms with van der Waals surface area (Å²) in [7, 11) is 0. The first kappa shape index (κ1) is 18.2. The molecule has 0 fully saturated rings. The van der Waals surface area contributed by atoms with Crippen LogP contribution in [0.5, 0.6) is 0 Å². The lowest BCUT2D eigenvalue weighted by Crippen LogP contribution is -1.97. The molecule has 1 rings (SSSR count). The van der Waals surface area contributed by atoms with Gasteiger partial charge < -0.3 is 0 Å². The van der Waals surface area contributed by atoms with Crippen molar-refractivity contribution in [1.29, 1.82) is 0 Å². The largest absolute Gasteiger partial charge is 0.0654 e. The summed E-state index contributed by atoms with van der Waals surface area (Å²) in [6, 6.07) is 4.65. The lowest BCUT2D eigenvalue weighted by atomic mass is 9.97. The first-order chi connectivity index (χ1) is 9.69. The average molecular weight is 404 g/mol. The highest BCUT2D eigenvalue weighted by Gasteiger charge is 2.07. The van der Waals surface area contributed by atoms with E-state index in [1.54, 1.807) is 11.1 Å². The summed E-state index contributed by atoms with van der Waals surface area (Å²) in [5.74, 6) is 0. The number of hydrogen-bond donors (Lipinski definition) is 0. The fraction of sp³-hybridized carbons (Fsp3) is 0.667. The lowest BCUT2D eigenvalue weighted by molar-refractivity contribution is 0.650. The number of aryl methyl sites for hydroxylation is 2. The third-order valence-electron chi connectivity index (χ3n) is 3.84. The zero-order chi connectivity index (χ0) is 14.8. The highest BCUT2D eigenvalue weighted by atomic mass is 79.9. The van der Waals surface area contributed by atoms with Gasteiger partial charge in [0, 0.05) is 8.95 Å². The Kier molecular flexibility index (Phi) is 9.88. The van der Waals surface area contributed by atoms with Crippen LogP contribution in [0.2, 0.25) is 0 Å². The number of benzene rings is 1. The van der Waals surface area contributed by atoms with Crippen molar-refractivity contribution < 1.29 is 0 Å². The maximum absolute atomic E-state index is 3.65. The van der Waals surface area contributed by atoms with E-state index in [9.17, 15) is 0 Å². The van der Waals surface area contributed by atoms with Gasteiger partial charge in [0.25, 0.3) is 0 Å². The van der Waals surface area contributed by atoms with Crippen molar-refractivity contribution in [3.8, 4) is 0 Å².